The summed E-state index contributed by atoms with van der Waals surface area (Å²) in [6.45, 7) is 23.9. The summed E-state index contributed by atoms with van der Waals surface area (Å²) in [5.74, 6) is 0. The van der Waals surface area contributed by atoms with Crippen molar-refractivity contribution >= 4 is 94.8 Å². The van der Waals surface area contributed by atoms with Gasteiger partial charge in [-0.3, -0.25) is 0 Å². The number of furan rings is 2. The largest absolute Gasteiger partial charge is 0.456 e. The van der Waals surface area contributed by atoms with E-state index < -0.39 is 0 Å². The van der Waals surface area contributed by atoms with Gasteiger partial charge in [-0.2, -0.15) is 0 Å². The van der Waals surface area contributed by atoms with Gasteiger partial charge in [0.1, 0.15) is 22.3 Å². The minimum atomic E-state index is -0.189. The van der Waals surface area contributed by atoms with Gasteiger partial charge in [-0.15, -0.1) is 0 Å². The van der Waals surface area contributed by atoms with E-state index in [2.05, 4.69) is 206 Å². The zero-order chi connectivity index (χ0) is 47.0. The van der Waals surface area contributed by atoms with Gasteiger partial charge in [0.25, 0.3) is 0 Å². The minimum absolute atomic E-state index is 0.0169. The summed E-state index contributed by atoms with van der Waals surface area (Å²) in [5, 5.41) is 7.04. The molecule has 0 fully saturated rings. The van der Waals surface area contributed by atoms with Gasteiger partial charge >= 0.3 is 6.85 Å². The first kappa shape index (κ1) is 40.0. The summed E-state index contributed by atoms with van der Waals surface area (Å²) in [5.41, 5.74) is 26.3. The summed E-state index contributed by atoms with van der Waals surface area (Å²) < 4.78 is 16.0. The predicted molar refractivity (Wildman–Crippen MR) is 291 cm³/mol. The Morgan fingerprint density at radius 2 is 1.12 bits per heavy atom. The quantitative estimate of drug-likeness (QED) is 0.154. The van der Waals surface area contributed by atoms with Crippen molar-refractivity contribution < 1.29 is 8.83 Å². The van der Waals surface area contributed by atoms with Gasteiger partial charge in [0, 0.05) is 66.4 Å². The Bertz CT molecular complexity index is 4160. The van der Waals surface area contributed by atoms with Crippen molar-refractivity contribution in [3.63, 3.8) is 0 Å². The van der Waals surface area contributed by atoms with E-state index in [9.17, 15) is 0 Å². The van der Waals surface area contributed by atoms with Crippen molar-refractivity contribution in [1.82, 2.24) is 4.57 Å². The lowest BCUT2D eigenvalue weighted by atomic mass is 9.43. The average molecular weight is 895 g/mol. The molecule has 0 atom stereocenters. The molecule has 0 unspecified atom stereocenters. The zero-order valence-electron chi connectivity index (χ0n) is 41.3. The maximum absolute atomic E-state index is 6.78. The van der Waals surface area contributed by atoms with Crippen molar-refractivity contribution in [3.8, 4) is 27.9 Å². The first-order valence-corrected chi connectivity index (χ1v) is 25.1. The van der Waals surface area contributed by atoms with E-state index in [4.69, 9.17) is 8.83 Å². The van der Waals surface area contributed by atoms with Crippen molar-refractivity contribution in [1.29, 1.82) is 0 Å². The summed E-state index contributed by atoms with van der Waals surface area (Å²) in [4.78, 5) is 2.71. The van der Waals surface area contributed by atoms with Gasteiger partial charge in [-0.05, 0) is 152 Å². The zero-order valence-corrected chi connectivity index (χ0v) is 41.3. The highest BCUT2D eigenvalue weighted by atomic mass is 16.3. The molecule has 0 bridgehead atoms. The van der Waals surface area contributed by atoms with Gasteiger partial charge in [-0.25, -0.2) is 0 Å². The lowest BCUT2D eigenvalue weighted by Crippen LogP contribution is -2.60. The third kappa shape index (κ3) is 5.01. The topological polar surface area (TPSA) is 34.5 Å². The van der Waals surface area contributed by atoms with Crippen molar-refractivity contribution in [2.75, 3.05) is 4.81 Å². The van der Waals surface area contributed by atoms with Crippen LogP contribution in [0.3, 0.4) is 0 Å². The number of para-hydroxylation sites is 2. The minimum Gasteiger partial charge on any atom is -0.456 e. The molecule has 0 N–H and O–H groups in total. The standard InChI is InChI=1S/C64H55BN2O2/c1-34-25-44-41-27-46-40(39-26-48-49(32-47(39)64(46,9)10)63(7,8)24-23-62(48,5)6)29-52(41)67(36-21-19-35(20-22-36)61(2,3)4)65-50-28-42-37-15-11-13-17-54(37)69-57(42)33-53(50)66-51-30-43-38-16-12-14-18-55(38)68-56(43)31-45(51)58(34)60(66)59(44)65/h11-22,25-33H,23-24H2,1-10H3. The normalized spacial score (nSPS) is 17.0. The number of aryl methyl sites for hydroxylation is 1. The molecule has 69 heavy (non-hydrogen) atoms. The number of aromatic nitrogens is 1. The molecule has 15 rings (SSSR count). The van der Waals surface area contributed by atoms with E-state index in [0.29, 0.717) is 0 Å². The van der Waals surface area contributed by atoms with Crippen LogP contribution in [-0.2, 0) is 21.7 Å². The Labute approximate surface area is 403 Å². The molecule has 2 aliphatic carbocycles. The van der Waals surface area contributed by atoms with Crippen LogP contribution in [-0.4, -0.2) is 11.4 Å². The molecule has 0 amide bonds. The highest BCUT2D eigenvalue weighted by Crippen LogP contribution is 2.58. The molecule has 4 aliphatic rings. The van der Waals surface area contributed by atoms with Crippen LogP contribution >= 0.6 is 0 Å². The molecular formula is C64H55BN2O2. The molecular weight excluding hydrogens is 840 g/mol. The van der Waals surface area contributed by atoms with Crippen LogP contribution < -0.4 is 15.7 Å². The first-order chi connectivity index (χ1) is 33.0. The fraction of sp³-hybridized carbons (Fsp3) is 0.250. The van der Waals surface area contributed by atoms with Crippen molar-refractivity contribution in [3.05, 3.63) is 161 Å². The Hall–Kier alpha value is -6.98. The van der Waals surface area contributed by atoms with Gasteiger partial charge in [0.2, 0.25) is 0 Å². The van der Waals surface area contributed by atoms with Crippen LogP contribution in [0.15, 0.2) is 136 Å². The van der Waals surface area contributed by atoms with Crippen molar-refractivity contribution in [2.45, 2.75) is 104 Å². The lowest BCUT2D eigenvalue weighted by molar-refractivity contribution is 0.331. The third-order valence-electron chi connectivity index (χ3n) is 17.7. The smallest absolute Gasteiger partial charge is 0.333 e. The SMILES string of the molecule is Cc1cc2c3c4c1c1cc5oc6ccccc6c5cc1n4-c1cc4oc5ccccc5c4cc1B3N(c1ccc(C(C)(C)C)cc1)c1cc3c(cc1-2)C(C)(C)c1cc2c(cc1-3)C(C)(C)CCC2(C)C. The van der Waals surface area contributed by atoms with E-state index >= 15 is 0 Å². The van der Waals surface area contributed by atoms with Gasteiger partial charge in [0.15, 0.2) is 0 Å². The van der Waals surface area contributed by atoms with Crippen LogP contribution in [0.1, 0.15) is 109 Å². The Balaban J connectivity index is 1.10. The number of hydrogen-bond donors (Lipinski definition) is 0. The Morgan fingerprint density at radius 3 is 1.80 bits per heavy atom. The maximum atomic E-state index is 6.78. The van der Waals surface area contributed by atoms with E-state index in [1.165, 1.54) is 113 Å². The fourth-order valence-corrected chi connectivity index (χ4v) is 13.8. The summed E-state index contributed by atoms with van der Waals surface area (Å²) in [6, 6.07) is 49.0. The molecule has 0 saturated carbocycles. The summed E-state index contributed by atoms with van der Waals surface area (Å²) in [7, 11) is 0. The average Bonchev–Trinajstić information content (AvgIpc) is 4.04. The van der Waals surface area contributed by atoms with Crippen LogP contribution in [0.5, 0.6) is 0 Å². The second-order valence-electron chi connectivity index (χ2n) is 24.0. The molecule has 0 spiro atoms. The Kier molecular flexibility index (Phi) is 7.31. The molecule has 3 aromatic heterocycles. The van der Waals surface area contributed by atoms with Crippen LogP contribution in [0.4, 0.5) is 11.4 Å². The van der Waals surface area contributed by atoms with E-state index in [1.54, 1.807) is 0 Å². The van der Waals surface area contributed by atoms with E-state index in [-0.39, 0.29) is 28.5 Å². The van der Waals surface area contributed by atoms with E-state index in [1.807, 2.05) is 0 Å². The van der Waals surface area contributed by atoms with Gasteiger partial charge < -0.3 is 18.2 Å². The third-order valence-corrected chi connectivity index (χ3v) is 17.7. The molecule has 11 aromatic rings. The number of nitrogens with zero attached hydrogens (tertiary/aromatic N) is 2. The molecule has 2 aliphatic heterocycles. The molecule has 4 nitrogen and oxygen atoms in total. The second-order valence-corrected chi connectivity index (χ2v) is 24.0. The highest BCUT2D eigenvalue weighted by Gasteiger charge is 2.48. The number of hydrogen-bond acceptors (Lipinski definition) is 3. The number of anilines is 2. The number of rotatable bonds is 1. The van der Waals surface area contributed by atoms with Gasteiger partial charge in [-0.1, -0.05) is 129 Å². The molecule has 8 aromatic carbocycles. The summed E-state index contributed by atoms with van der Waals surface area (Å²) in [6.07, 6.45) is 2.39. The molecule has 336 valence electrons. The summed E-state index contributed by atoms with van der Waals surface area (Å²) >= 11 is 0. The molecule has 0 radical (unpaired) electrons. The van der Waals surface area contributed by atoms with Crippen LogP contribution in [0.25, 0.3) is 93.6 Å². The molecule has 0 saturated heterocycles. The van der Waals surface area contributed by atoms with E-state index in [0.717, 1.165) is 49.6 Å². The van der Waals surface area contributed by atoms with Gasteiger partial charge in [0.05, 0.1) is 11.0 Å². The maximum Gasteiger partial charge on any atom is 0.333 e. The lowest BCUT2D eigenvalue weighted by Gasteiger charge is -2.43. The fourth-order valence-electron chi connectivity index (χ4n) is 13.8. The predicted octanol–water partition coefficient (Wildman–Crippen LogP) is 16.1. The van der Waals surface area contributed by atoms with Crippen molar-refractivity contribution in [2.24, 2.45) is 0 Å². The number of fused-ring (bicyclic) bond motifs is 18. The molecule has 5 heterocycles. The first-order valence-electron chi connectivity index (χ1n) is 25.1. The highest BCUT2D eigenvalue weighted by molar-refractivity contribution is 6.94. The Morgan fingerprint density at radius 1 is 0.522 bits per heavy atom. The van der Waals surface area contributed by atoms with Crippen LogP contribution in [0.2, 0.25) is 0 Å². The molecule has 5 heteroatoms. The number of benzene rings is 8. The second kappa shape index (κ2) is 12.6. The van der Waals surface area contributed by atoms with Crippen LogP contribution in [0, 0.1) is 6.92 Å². The monoisotopic (exact) mass is 894 g/mol.